The molecule has 1 atom stereocenters. The number of likely N-dealkylation sites (tertiary alicyclic amines) is 1. The Balaban J connectivity index is 1.72. The molecule has 102 valence electrons. The van der Waals surface area contributed by atoms with Crippen molar-refractivity contribution in [1.29, 1.82) is 0 Å². The molecule has 1 fully saturated rings. The first-order chi connectivity index (χ1) is 8.57. The van der Waals surface area contributed by atoms with Gasteiger partial charge in [-0.1, -0.05) is 13.8 Å². The van der Waals surface area contributed by atoms with Crippen LogP contribution in [0.4, 0.5) is 0 Å². The van der Waals surface area contributed by atoms with Crippen LogP contribution >= 0.6 is 0 Å². The average Bonchev–Trinajstić information content (AvgIpc) is 2.80. The Kier molecular flexibility index (Phi) is 4.46. The van der Waals surface area contributed by atoms with E-state index in [1.807, 2.05) is 12.1 Å². The normalized spacial score (nSPS) is 21.9. The molecule has 3 nitrogen and oxygen atoms in total. The van der Waals surface area contributed by atoms with E-state index in [1.54, 1.807) is 6.26 Å². The molecule has 1 unspecified atom stereocenters. The van der Waals surface area contributed by atoms with Crippen LogP contribution in [-0.2, 0) is 6.54 Å². The Hall–Kier alpha value is -0.800. The van der Waals surface area contributed by atoms with E-state index >= 15 is 0 Å². The number of nitrogens with zero attached hydrogens (tertiary/aromatic N) is 1. The van der Waals surface area contributed by atoms with Crippen LogP contribution in [0.5, 0.6) is 0 Å². The quantitative estimate of drug-likeness (QED) is 0.871. The lowest BCUT2D eigenvalue weighted by Gasteiger charge is -2.41. The molecule has 2 rings (SSSR count). The van der Waals surface area contributed by atoms with Gasteiger partial charge < -0.3 is 9.73 Å². The van der Waals surface area contributed by atoms with Crippen LogP contribution in [0.25, 0.3) is 0 Å². The van der Waals surface area contributed by atoms with E-state index in [9.17, 15) is 0 Å². The van der Waals surface area contributed by atoms with Crippen molar-refractivity contribution in [1.82, 2.24) is 10.2 Å². The zero-order valence-corrected chi connectivity index (χ0v) is 11.9. The molecule has 0 bridgehead atoms. The molecule has 1 saturated heterocycles. The van der Waals surface area contributed by atoms with Crippen molar-refractivity contribution in [3.63, 3.8) is 0 Å². The summed E-state index contributed by atoms with van der Waals surface area (Å²) in [7, 11) is 0. The Morgan fingerprint density at radius 3 is 3.00 bits per heavy atom. The number of hydrogen-bond donors (Lipinski definition) is 1. The van der Waals surface area contributed by atoms with E-state index in [4.69, 9.17) is 4.42 Å². The highest BCUT2D eigenvalue weighted by molar-refractivity contribution is 4.97. The molecule has 1 N–H and O–H groups in total. The fraction of sp³-hybridized carbons (Fsp3) is 0.733. The summed E-state index contributed by atoms with van der Waals surface area (Å²) in [4.78, 5) is 2.61. The van der Waals surface area contributed by atoms with Crippen molar-refractivity contribution >= 4 is 0 Å². The molecule has 0 spiro atoms. The zero-order chi connectivity index (χ0) is 13.0. The third kappa shape index (κ3) is 3.85. The fourth-order valence-electron chi connectivity index (χ4n) is 2.79. The van der Waals surface area contributed by atoms with E-state index < -0.39 is 0 Å². The van der Waals surface area contributed by atoms with E-state index in [1.165, 1.54) is 25.9 Å². The van der Waals surface area contributed by atoms with Crippen molar-refractivity contribution < 1.29 is 4.42 Å². The van der Waals surface area contributed by atoms with Crippen LogP contribution in [0.3, 0.4) is 0 Å². The van der Waals surface area contributed by atoms with Gasteiger partial charge in [0, 0.05) is 19.1 Å². The maximum Gasteiger partial charge on any atom is 0.117 e. The molecule has 1 aromatic heterocycles. The molecule has 2 heterocycles. The SMILES string of the molecule is CC(CNCc1ccco1)N1CCCC(C)(C)C1. The van der Waals surface area contributed by atoms with Crippen molar-refractivity contribution in [2.45, 2.75) is 46.2 Å². The lowest BCUT2D eigenvalue weighted by molar-refractivity contribution is 0.0839. The molecule has 0 amide bonds. The summed E-state index contributed by atoms with van der Waals surface area (Å²) in [6, 6.07) is 4.55. The van der Waals surface area contributed by atoms with Gasteiger partial charge in [-0.05, 0) is 43.9 Å². The lowest BCUT2D eigenvalue weighted by Crippen LogP contribution is -2.48. The second-order valence-corrected chi connectivity index (χ2v) is 6.30. The summed E-state index contributed by atoms with van der Waals surface area (Å²) in [6.07, 6.45) is 4.42. The predicted octanol–water partition coefficient (Wildman–Crippen LogP) is 2.88. The smallest absolute Gasteiger partial charge is 0.117 e. The monoisotopic (exact) mass is 250 g/mol. The van der Waals surface area contributed by atoms with Crippen molar-refractivity contribution in [3.8, 4) is 0 Å². The topological polar surface area (TPSA) is 28.4 Å². The van der Waals surface area contributed by atoms with Crippen molar-refractivity contribution in [3.05, 3.63) is 24.2 Å². The molecule has 0 saturated carbocycles. The molecule has 1 aromatic rings. The molecule has 0 aliphatic carbocycles. The second-order valence-electron chi connectivity index (χ2n) is 6.30. The second kappa shape index (κ2) is 5.89. The third-order valence-electron chi connectivity index (χ3n) is 3.87. The van der Waals surface area contributed by atoms with Gasteiger partial charge in [0.15, 0.2) is 0 Å². The number of rotatable bonds is 5. The molecule has 3 heteroatoms. The van der Waals surface area contributed by atoms with Gasteiger partial charge in [0.1, 0.15) is 5.76 Å². The Morgan fingerprint density at radius 2 is 2.33 bits per heavy atom. The first-order valence-electron chi connectivity index (χ1n) is 7.04. The van der Waals surface area contributed by atoms with Gasteiger partial charge >= 0.3 is 0 Å². The number of nitrogens with one attached hydrogen (secondary N) is 1. The Labute approximate surface area is 111 Å². The van der Waals surface area contributed by atoms with E-state index in [-0.39, 0.29) is 0 Å². The standard InChI is InChI=1S/C15H26N2O/c1-13(10-16-11-14-6-4-9-18-14)17-8-5-7-15(2,3)12-17/h4,6,9,13,16H,5,7-8,10-12H2,1-3H3. The minimum Gasteiger partial charge on any atom is -0.468 e. The average molecular weight is 250 g/mol. The molecule has 1 aliphatic heterocycles. The molecule has 1 aliphatic rings. The van der Waals surface area contributed by atoms with Crippen LogP contribution in [0.1, 0.15) is 39.4 Å². The molecule has 0 radical (unpaired) electrons. The van der Waals surface area contributed by atoms with Gasteiger partial charge in [0.2, 0.25) is 0 Å². The maximum absolute atomic E-state index is 5.32. The summed E-state index contributed by atoms with van der Waals surface area (Å²) in [5.74, 6) is 1.01. The maximum atomic E-state index is 5.32. The van der Waals surface area contributed by atoms with Crippen molar-refractivity contribution in [2.75, 3.05) is 19.6 Å². The first-order valence-corrected chi connectivity index (χ1v) is 7.04. The van der Waals surface area contributed by atoms with E-state index in [0.29, 0.717) is 11.5 Å². The minimum absolute atomic E-state index is 0.480. The molecular weight excluding hydrogens is 224 g/mol. The largest absolute Gasteiger partial charge is 0.468 e. The lowest BCUT2D eigenvalue weighted by atomic mass is 9.83. The van der Waals surface area contributed by atoms with Gasteiger partial charge in [0.05, 0.1) is 12.8 Å². The van der Waals surface area contributed by atoms with Crippen LogP contribution < -0.4 is 5.32 Å². The Bertz CT molecular complexity index is 345. The van der Waals surface area contributed by atoms with E-state index in [2.05, 4.69) is 31.0 Å². The molecule has 18 heavy (non-hydrogen) atoms. The Morgan fingerprint density at radius 1 is 1.50 bits per heavy atom. The third-order valence-corrected chi connectivity index (χ3v) is 3.87. The number of furan rings is 1. The van der Waals surface area contributed by atoms with Crippen LogP contribution in [-0.4, -0.2) is 30.6 Å². The number of piperidine rings is 1. The summed E-state index contributed by atoms with van der Waals surface area (Å²) in [5.41, 5.74) is 0.480. The molecule has 0 aromatic carbocycles. The molecular formula is C15H26N2O. The highest BCUT2D eigenvalue weighted by Crippen LogP contribution is 2.29. The van der Waals surface area contributed by atoms with Gasteiger partial charge in [0.25, 0.3) is 0 Å². The van der Waals surface area contributed by atoms with Gasteiger partial charge in [-0.2, -0.15) is 0 Å². The van der Waals surface area contributed by atoms with Crippen LogP contribution in [0, 0.1) is 5.41 Å². The van der Waals surface area contributed by atoms with Crippen molar-refractivity contribution in [2.24, 2.45) is 5.41 Å². The van der Waals surface area contributed by atoms with E-state index in [0.717, 1.165) is 18.8 Å². The minimum atomic E-state index is 0.480. The number of hydrogen-bond acceptors (Lipinski definition) is 3. The summed E-state index contributed by atoms with van der Waals surface area (Å²) in [5, 5.41) is 3.48. The van der Waals surface area contributed by atoms with Gasteiger partial charge in [-0.15, -0.1) is 0 Å². The summed E-state index contributed by atoms with van der Waals surface area (Å²) < 4.78 is 5.32. The first kappa shape index (κ1) is 13.6. The summed E-state index contributed by atoms with van der Waals surface area (Å²) in [6.45, 7) is 11.4. The highest BCUT2D eigenvalue weighted by atomic mass is 16.3. The van der Waals surface area contributed by atoms with Crippen LogP contribution in [0.15, 0.2) is 22.8 Å². The predicted molar refractivity (Wildman–Crippen MR) is 74.5 cm³/mol. The van der Waals surface area contributed by atoms with Gasteiger partial charge in [-0.25, -0.2) is 0 Å². The zero-order valence-electron chi connectivity index (χ0n) is 11.9. The summed E-state index contributed by atoms with van der Waals surface area (Å²) >= 11 is 0. The van der Waals surface area contributed by atoms with Gasteiger partial charge in [-0.3, -0.25) is 4.90 Å². The fourth-order valence-corrected chi connectivity index (χ4v) is 2.79. The highest BCUT2D eigenvalue weighted by Gasteiger charge is 2.28. The van der Waals surface area contributed by atoms with Crippen LogP contribution in [0.2, 0.25) is 0 Å².